The molecule has 0 aromatic heterocycles. The van der Waals surface area contributed by atoms with E-state index in [0.717, 1.165) is 12.8 Å². The number of hydrogen-bond donors (Lipinski definition) is 10. The van der Waals surface area contributed by atoms with Gasteiger partial charge in [0.25, 0.3) is 0 Å². The van der Waals surface area contributed by atoms with Crippen LogP contribution in [0.4, 0.5) is 0 Å². The quantitative estimate of drug-likeness (QED) is 0.0976. The highest BCUT2D eigenvalue weighted by molar-refractivity contribution is 4.95. The third kappa shape index (κ3) is 7.61. The molecule has 3 rings (SSSR count). The molecule has 11 N–H and O–H groups in total. The number of aliphatic hydroxyl groups excluding tert-OH is 9. The molecule has 0 saturated carbocycles. The molecule has 3 saturated heterocycles. The monoisotopic (exact) mass is 573 g/mol. The Morgan fingerprint density at radius 1 is 0.590 bits per heavy atom. The molecule has 0 unspecified atom stereocenters. The normalized spacial score (nSPS) is 47.3. The van der Waals surface area contributed by atoms with Gasteiger partial charge in [0, 0.05) is 6.61 Å². The van der Waals surface area contributed by atoms with Crippen LogP contribution in [0, 0.1) is 0 Å². The molecular weight excluding hydrogens is 530 g/mol. The van der Waals surface area contributed by atoms with Gasteiger partial charge < -0.3 is 80.1 Å². The van der Waals surface area contributed by atoms with Gasteiger partial charge in [-0.1, -0.05) is 0 Å². The molecule has 3 aliphatic heterocycles. The van der Waals surface area contributed by atoms with Gasteiger partial charge in [0.1, 0.15) is 67.1 Å². The van der Waals surface area contributed by atoms with Gasteiger partial charge >= 0.3 is 0 Å². The van der Waals surface area contributed by atoms with Crippen LogP contribution in [0.15, 0.2) is 0 Å². The molecule has 39 heavy (non-hydrogen) atoms. The fourth-order valence-corrected chi connectivity index (χ4v) is 4.73. The molecule has 16 nitrogen and oxygen atoms in total. The van der Waals surface area contributed by atoms with Crippen molar-refractivity contribution in [1.82, 2.24) is 0 Å². The number of aliphatic hydroxyl groups is 9. The van der Waals surface area contributed by atoms with Crippen LogP contribution in [0.5, 0.6) is 0 Å². The summed E-state index contributed by atoms with van der Waals surface area (Å²) in [6, 6.07) is 0. The summed E-state index contributed by atoms with van der Waals surface area (Å²) in [6.45, 7) is 0.802. The van der Waals surface area contributed by atoms with Gasteiger partial charge in [-0.15, -0.1) is 0 Å². The number of rotatable bonds is 12. The Morgan fingerprint density at radius 2 is 1.13 bits per heavy atom. The zero-order chi connectivity index (χ0) is 28.9. The van der Waals surface area contributed by atoms with Crippen molar-refractivity contribution in [1.29, 1.82) is 0 Å². The maximum Gasteiger partial charge on any atom is 0.187 e. The lowest BCUT2D eigenvalue weighted by Crippen LogP contribution is -2.66. The average Bonchev–Trinajstić information content (AvgIpc) is 2.92. The molecule has 15 atom stereocenters. The minimum Gasteiger partial charge on any atom is -0.394 e. The molecule has 3 heterocycles. The summed E-state index contributed by atoms with van der Waals surface area (Å²) >= 11 is 0. The van der Waals surface area contributed by atoms with Crippen molar-refractivity contribution in [3.8, 4) is 0 Å². The van der Waals surface area contributed by atoms with E-state index in [2.05, 4.69) is 0 Å². The standard InChI is InChI=1S/C23H43NO15/c1-9-12(27)19(38-22-16(31)15(30)13(28)10(7-25)37-22)18(33)23(35-9)39-20-14(29)11(8-26)36-21(17(20)32)34-6-4-2-3-5-24/h9-23,25-33H,2-8,24H2,1H3/t9-,10+,11+,12+,13+,14+,15-,16+,17+,18+,19+,20-,21+,22-,23-/m0/s1. The first-order valence-electron chi connectivity index (χ1n) is 13.1. The summed E-state index contributed by atoms with van der Waals surface area (Å²) in [7, 11) is 0. The van der Waals surface area contributed by atoms with E-state index < -0.39 is 105 Å². The van der Waals surface area contributed by atoms with Gasteiger partial charge in [0.2, 0.25) is 0 Å². The third-order valence-corrected chi connectivity index (χ3v) is 7.17. The first-order valence-corrected chi connectivity index (χ1v) is 13.1. The van der Waals surface area contributed by atoms with Crippen LogP contribution in [0.3, 0.4) is 0 Å². The van der Waals surface area contributed by atoms with Gasteiger partial charge in [-0.05, 0) is 32.7 Å². The second-order valence-corrected chi connectivity index (χ2v) is 10.0. The predicted octanol–water partition coefficient (Wildman–Crippen LogP) is -5.39. The summed E-state index contributed by atoms with van der Waals surface area (Å²) in [5.74, 6) is 0. The Kier molecular flexibility index (Phi) is 12.7. The predicted molar refractivity (Wildman–Crippen MR) is 126 cm³/mol. The van der Waals surface area contributed by atoms with Crippen molar-refractivity contribution in [2.75, 3.05) is 26.4 Å². The summed E-state index contributed by atoms with van der Waals surface area (Å²) in [5.41, 5.74) is 5.47. The third-order valence-electron chi connectivity index (χ3n) is 7.17. The molecule has 0 bridgehead atoms. The van der Waals surface area contributed by atoms with E-state index >= 15 is 0 Å². The van der Waals surface area contributed by atoms with Crippen LogP contribution in [-0.2, 0) is 28.4 Å². The van der Waals surface area contributed by atoms with Gasteiger partial charge in [-0.25, -0.2) is 0 Å². The summed E-state index contributed by atoms with van der Waals surface area (Å²) in [5, 5.41) is 92.5. The smallest absolute Gasteiger partial charge is 0.187 e. The van der Waals surface area contributed by atoms with E-state index in [-0.39, 0.29) is 6.61 Å². The molecular formula is C23H43NO15. The van der Waals surface area contributed by atoms with Crippen molar-refractivity contribution in [3.05, 3.63) is 0 Å². The van der Waals surface area contributed by atoms with Crippen LogP contribution in [0.2, 0.25) is 0 Å². The van der Waals surface area contributed by atoms with E-state index in [4.69, 9.17) is 34.2 Å². The zero-order valence-corrected chi connectivity index (χ0v) is 21.7. The van der Waals surface area contributed by atoms with Crippen molar-refractivity contribution in [2.45, 2.75) is 118 Å². The van der Waals surface area contributed by atoms with E-state index in [1.807, 2.05) is 0 Å². The molecule has 0 amide bonds. The topological polar surface area (TPSA) is 263 Å². The molecule has 0 aliphatic carbocycles. The fraction of sp³-hybridized carbons (Fsp3) is 1.00. The molecule has 0 spiro atoms. The van der Waals surface area contributed by atoms with Crippen LogP contribution in [0.1, 0.15) is 26.2 Å². The van der Waals surface area contributed by atoms with E-state index in [1.165, 1.54) is 6.92 Å². The van der Waals surface area contributed by atoms with Gasteiger partial charge in [-0.2, -0.15) is 0 Å². The van der Waals surface area contributed by atoms with Crippen molar-refractivity contribution < 1.29 is 74.4 Å². The van der Waals surface area contributed by atoms with Crippen molar-refractivity contribution in [2.24, 2.45) is 5.73 Å². The SMILES string of the molecule is C[C@@H]1O[C@@H](O[C@@H]2[C@@H](O)[C@H](OCCCCCN)O[C@H](CO)[C@H]2O)[C@H](O)[C@H](O[C@@H]2O[C@H](CO)[C@@H](O)[C@H](O)[C@H]2O)[C@@H]1O. The van der Waals surface area contributed by atoms with Crippen molar-refractivity contribution in [3.63, 3.8) is 0 Å². The van der Waals surface area contributed by atoms with Gasteiger partial charge in [-0.3, -0.25) is 0 Å². The minimum atomic E-state index is -1.80. The van der Waals surface area contributed by atoms with Crippen molar-refractivity contribution >= 4 is 0 Å². The van der Waals surface area contributed by atoms with Gasteiger partial charge in [0.05, 0.1) is 19.3 Å². The highest BCUT2D eigenvalue weighted by Crippen LogP contribution is 2.32. The minimum absolute atomic E-state index is 0.198. The number of unbranched alkanes of at least 4 members (excludes halogenated alkanes) is 2. The Labute approximate surface area is 225 Å². The second-order valence-electron chi connectivity index (χ2n) is 10.0. The van der Waals surface area contributed by atoms with Gasteiger partial charge in [0.15, 0.2) is 18.9 Å². The lowest BCUT2D eigenvalue weighted by Gasteiger charge is -2.48. The maximum atomic E-state index is 11.0. The molecule has 230 valence electrons. The Hall–Kier alpha value is -0.640. The number of hydrogen-bond acceptors (Lipinski definition) is 16. The van der Waals surface area contributed by atoms with Crippen LogP contribution >= 0.6 is 0 Å². The number of ether oxygens (including phenoxy) is 6. The highest BCUT2D eigenvalue weighted by Gasteiger charge is 2.53. The lowest BCUT2D eigenvalue weighted by molar-refractivity contribution is -0.378. The molecule has 3 aliphatic rings. The van der Waals surface area contributed by atoms with Crippen LogP contribution in [0.25, 0.3) is 0 Å². The van der Waals surface area contributed by atoms with Crippen LogP contribution in [-0.4, -0.2) is 164 Å². The number of nitrogens with two attached hydrogens (primary N) is 1. The largest absolute Gasteiger partial charge is 0.394 e. The molecule has 0 radical (unpaired) electrons. The lowest BCUT2D eigenvalue weighted by atomic mass is 9.96. The Balaban J connectivity index is 1.70. The van der Waals surface area contributed by atoms with Crippen LogP contribution < -0.4 is 5.73 Å². The summed E-state index contributed by atoms with van der Waals surface area (Å²) in [6.07, 6.45) is -20.5. The fourth-order valence-electron chi connectivity index (χ4n) is 4.73. The van der Waals surface area contributed by atoms with E-state index in [1.54, 1.807) is 0 Å². The first-order chi connectivity index (χ1) is 18.5. The molecule has 0 aromatic carbocycles. The second kappa shape index (κ2) is 15.0. The van der Waals surface area contributed by atoms with E-state index in [0.29, 0.717) is 13.0 Å². The highest BCUT2D eigenvalue weighted by atomic mass is 16.7. The molecule has 0 aromatic rings. The summed E-state index contributed by atoms with van der Waals surface area (Å²) in [4.78, 5) is 0. The average molecular weight is 574 g/mol. The maximum absolute atomic E-state index is 11.0. The zero-order valence-electron chi connectivity index (χ0n) is 21.7. The molecule has 3 fully saturated rings. The Bertz CT molecular complexity index is 721. The molecule has 16 heteroatoms. The van der Waals surface area contributed by atoms with E-state index in [9.17, 15) is 46.0 Å². The first kappa shape index (κ1) is 32.9. The Morgan fingerprint density at radius 3 is 1.74 bits per heavy atom. The summed E-state index contributed by atoms with van der Waals surface area (Å²) < 4.78 is 33.2.